The third-order valence-corrected chi connectivity index (χ3v) is 14.9. The van der Waals surface area contributed by atoms with Crippen LogP contribution in [0.3, 0.4) is 0 Å². The van der Waals surface area contributed by atoms with Gasteiger partial charge in [-0.1, -0.05) is 276 Å². The molecule has 0 aliphatic carbocycles. The summed E-state index contributed by atoms with van der Waals surface area (Å²) in [6.07, 6.45) is 54.1. The summed E-state index contributed by atoms with van der Waals surface area (Å²) in [5.74, 6) is -0.581. The molecule has 420 valence electrons. The Kier molecular flexibility index (Phi) is 48.4. The van der Waals surface area contributed by atoms with Gasteiger partial charge in [0.15, 0.2) is 6.29 Å². The molecule has 10 nitrogen and oxygen atoms in total. The van der Waals surface area contributed by atoms with Gasteiger partial charge < -0.3 is 45.4 Å². The number of allylic oxidation sites excluding steroid dienone is 4. The molecule has 1 rings (SSSR count). The SMILES string of the molecule is CCCCCCCCCCCCC/C=C\C/C=C\CCCCCCCCCCCCCCCCCCC(O)C(=O)NC(COC1OC(CO)C(O)C(O)C1O)C(O)CCCCCCCCCCCCCC. The number of rotatable bonds is 53. The van der Waals surface area contributed by atoms with Crippen molar-refractivity contribution in [1.82, 2.24) is 5.32 Å². The topological polar surface area (TPSA) is 169 Å². The van der Waals surface area contributed by atoms with Gasteiger partial charge in [0.25, 0.3) is 0 Å². The minimum Gasteiger partial charge on any atom is -0.394 e. The van der Waals surface area contributed by atoms with Gasteiger partial charge in [0.05, 0.1) is 25.4 Å². The van der Waals surface area contributed by atoms with Crippen molar-refractivity contribution >= 4 is 5.91 Å². The first kappa shape index (κ1) is 67.6. The molecule has 0 bridgehead atoms. The van der Waals surface area contributed by atoms with E-state index in [1.54, 1.807) is 0 Å². The molecule has 1 fully saturated rings. The van der Waals surface area contributed by atoms with Crippen LogP contribution in [0, 0.1) is 0 Å². The van der Waals surface area contributed by atoms with E-state index in [0.717, 1.165) is 57.8 Å². The van der Waals surface area contributed by atoms with Crippen LogP contribution in [0.4, 0.5) is 0 Å². The summed E-state index contributed by atoms with van der Waals surface area (Å²) in [7, 11) is 0. The zero-order valence-electron chi connectivity index (χ0n) is 46.4. The molecular formula is C61H117NO9. The molecule has 1 saturated heterocycles. The normalized spacial score (nSPS) is 19.8. The van der Waals surface area contributed by atoms with Crippen molar-refractivity contribution in [3.8, 4) is 0 Å². The molecule has 10 heteroatoms. The van der Waals surface area contributed by atoms with Gasteiger partial charge >= 0.3 is 0 Å². The molecule has 0 aromatic carbocycles. The molecule has 1 aliphatic heterocycles. The Bertz CT molecular complexity index is 1190. The van der Waals surface area contributed by atoms with Gasteiger partial charge in [0, 0.05) is 0 Å². The molecule has 71 heavy (non-hydrogen) atoms. The maximum atomic E-state index is 13.1. The summed E-state index contributed by atoms with van der Waals surface area (Å²) in [5.41, 5.74) is 0. The predicted octanol–water partition coefficient (Wildman–Crippen LogP) is 14.3. The molecule has 0 aromatic heterocycles. The Morgan fingerprint density at radius 2 is 0.831 bits per heavy atom. The number of aliphatic hydroxyl groups excluding tert-OH is 6. The van der Waals surface area contributed by atoms with E-state index >= 15 is 0 Å². The third-order valence-electron chi connectivity index (χ3n) is 14.9. The average Bonchev–Trinajstić information content (AvgIpc) is 3.37. The molecule has 7 N–H and O–H groups in total. The van der Waals surface area contributed by atoms with E-state index in [2.05, 4.69) is 43.5 Å². The summed E-state index contributed by atoms with van der Waals surface area (Å²) < 4.78 is 11.2. The lowest BCUT2D eigenvalue weighted by atomic mass is 9.99. The molecule has 1 heterocycles. The van der Waals surface area contributed by atoms with Crippen LogP contribution in [0.5, 0.6) is 0 Å². The highest BCUT2D eigenvalue weighted by atomic mass is 16.7. The van der Waals surface area contributed by atoms with Gasteiger partial charge in [0.1, 0.15) is 30.5 Å². The lowest BCUT2D eigenvalue weighted by Gasteiger charge is -2.40. The largest absolute Gasteiger partial charge is 0.394 e. The summed E-state index contributed by atoms with van der Waals surface area (Å²) in [6, 6.07) is -0.892. The number of nitrogens with one attached hydrogen (secondary N) is 1. The Labute approximate surface area is 437 Å². The second-order valence-electron chi connectivity index (χ2n) is 21.6. The maximum Gasteiger partial charge on any atom is 0.249 e. The smallest absolute Gasteiger partial charge is 0.249 e. The van der Waals surface area contributed by atoms with Gasteiger partial charge in [-0.3, -0.25) is 4.79 Å². The monoisotopic (exact) mass is 1010 g/mol. The van der Waals surface area contributed by atoms with Crippen LogP contribution in [0.1, 0.15) is 296 Å². The molecular weight excluding hydrogens is 891 g/mol. The van der Waals surface area contributed by atoms with Crippen LogP contribution in [0.15, 0.2) is 24.3 Å². The maximum absolute atomic E-state index is 13.1. The van der Waals surface area contributed by atoms with Crippen LogP contribution >= 0.6 is 0 Å². The van der Waals surface area contributed by atoms with Gasteiger partial charge in [-0.05, 0) is 44.9 Å². The fraction of sp³-hybridized carbons (Fsp3) is 0.918. The minimum absolute atomic E-state index is 0.253. The summed E-state index contributed by atoms with van der Waals surface area (Å²) in [4.78, 5) is 13.1. The zero-order valence-corrected chi connectivity index (χ0v) is 46.4. The number of carbonyl (C=O) groups excluding carboxylic acids is 1. The summed E-state index contributed by atoms with van der Waals surface area (Å²) in [5, 5.41) is 65.1. The van der Waals surface area contributed by atoms with Crippen molar-refractivity contribution in [2.75, 3.05) is 13.2 Å². The number of ether oxygens (including phenoxy) is 2. The van der Waals surface area contributed by atoms with E-state index in [1.807, 2.05) is 0 Å². The van der Waals surface area contributed by atoms with E-state index in [9.17, 15) is 35.4 Å². The zero-order chi connectivity index (χ0) is 51.7. The van der Waals surface area contributed by atoms with Gasteiger partial charge in [-0.2, -0.15) is 0 Å². The number of unbranched alkanes of at least 4 members (excludes halogenated alkanes) is 38. The molecule has 8 unspecified atom stereocenters. The van der Waals surface area contributed by atoms with Gasteiger partial charge in [-0.15, -0.1) is 0 Å². The van der Waals surface area contributed by atoms with Gasteiger partial charge in [-0.25, -0.2) is 0 Å². The van der Waals surface area contributed by atoms with Crippen LogP contribution in [-0.4, -0.2) is 98.7 Å². The van der Waals surface area contributed by atoms with Crippen molar-refractivity contribution in [2.45, 2.75) is 345 Å². The number of hydrogen-bond donors (Lipinski definition) is 7. The first-order valence-corrected chi connectivity index (χ1v) is 30.6. The van der Waals surface area contributed by atoms with Crippen molar-refractivity contribution < 1.29 is 44.9 Å². The molecule has 0 spiro atoms. The van der Waals surface area contributed by atoms with Crippen LogP contribution in [0.2, 0.25) is 0 Å². The standard InChI is InChI=1S/C61H117NO9/c1-3-5-7-9-11-13-15-17-18-19-20-21-22-23-24-25-26-27-28-29-30-31-32-33-34-35-36-37-38-40-42-44-46-48-50-55(65)60(69)62-53(52-70-61-59(68)58(67)57(66)56(51-63)71-61)54(64)49-47-45-43-41-39-16-14-12-10-8-6-4-2/h22-23,25-26,53-59,61,63-68H,3-21,24,27-52H2,1-2H3,(H,62,69)/b23-22-,26-25-. The number of amides is 1. The number of aliphatic hydroxyl groups is 6. The van der Waals surface area contributed by atoms with Gasteiger partial charge in [0.2, 0.25) is 5.91 Å². The van der Waals surface area contributed by atoms with E-state index in [1.165, 1.54) is 212 Å². The summed E-state index contributed by atoms with van der Waals surface area (Å²) in [6.45, 7) is 3.69. The first-order valence-electron chi connectivity index (χ1n) is 30.6. The Morgan fingerprint density at radius 3 is 1.21 bits per heavy atom. The molecule has 1 aliphatic rings. The lowest BCUT2D eigenvalue weighted by molar-refractivity contribution is -0.302. The van der Waals surface area contributed by atoms with E-state index in [4.69, 9.17) is 9.47 Å². The minimum atomic E-state index is -1.60. The number of carbonyl (C=O) groups is 1. The lowest BCUT2D eigenvalue weighted by Crippen LogP contribution is -2.60. The van der Waals surface area contributed by atoms with Crippen LogP contribution in [-0.2, 0) is 14.3 Å². The second-order valence-corrected chi connectivity index (χ2v) is 21.6. The Morgan fingerprint density at radius 1 is 0.479 bits per heavy atom. The average molecular weight is 1010 g/mol. The highest BCUT2D eigenvalue weighted by molar-refractivity contribution is 5.80. The Balaban J connectivity index is 2.10. The fourth-order valence-corrected chi connectivity index (χ4v) is 9.97. The van der Waals surface area contributed by atoms with Crippen molar-refractivity contribution in [2.24, 2.45) is 0 Å². The van der Waals surface area contributed by atoms with Crippen molar-refractivity contribution in [3.05, 3.63) is 24.3 Å². The van der Waals surface area contributed by atoms with E-state index < -0.39 is 61.5 Å². The van der Waals surface area contributed by atoms with Crippen molar-refractivity contribution in [1.29, 1.82) is 0 Å². The third kappa shape index (κ3) is 39.7. The van der Waals surface area contributed by atoms with E-state index in [-0.39, 0.29) is 6.61 Å². The fourth-order valence-electron chi connectivity index (χ4n) is 9.97. The summed E-state index contributed by atoms with van der Waals surface area (Å²) >= 11 is 0. The van der Waals surface area contributed by atoms with E-state index in [0.29, 0.717) is 12.8 Å². The first-order chi connectivity index (χ1) is 34.8. The second kappa shape index (κ2) is 50.8. The Hall–Kier alpha value is -1.37. The van der Waals surface area contributed by atoms with Crippen LogP contribution < -0.4 is 5.32 Å². The predicted molar refractivity (Wildman–Crippen MR) is 296 cm³/mol. The molecule has 0 saturated carbocycles. The quantitative estimate of drug-likeness (QED) is 0.0232. The molecule has 1 amide bonds. The van der Waals surface area contributed by atoms with Crippen LogP contribution in [0.25, 0.3) is 0 Å². The molecule has 0 aromatic rings. The highest BCUT2D eigenvalue weighted by Gasteiger charge is 2.44. The van der Waals surface area contributed by atoms with Crippen molar-refractivity contribution in [3.63, 3.8) is 0 Å². The highest BCUT2D eigenvalue weighted by Crippen LogP contribution is 2.23. The number of hydrogen-bond acceptors (Lipinski definition) is 9. The molecule has 0 radical (unpaired) electrons. The molecule has 8 atom stereocenters.